The Labute approximate surface area is 104 Å². The summed E-state index contributed by atoms with van der Waals surface area (Å²) in [6.45, 7) is 1.47. The molecule has 1 heterocycles. The van der Waals surface area contributed by atoms with Crippen molar-refractivity contribution >= 4 is 28.9 Å². The Morgan fingerprint density at radius 3 is 3.00 bits per heavy atom. The molecule has 0 radical (unpaired) electrons. The summed E-state index contributed by atoms with van der Waals surface area (Å²) in [7, 11) is 0. The minimum Gasteiger partial charge on any atom is -0.397 e. The highest BCUT2D eigenvalue weighted by atomic mass is 35.5. The molecule has 1 aliphatic heterocycles. The van der Waals surface area contributed by atoms with Crippen molar-refractivity contribution in [3.8, 4) is 0 Å². The lowest BCUT2D eigenvalue weighted by Gasteiger charge is -2.23. The lowest BCUT2D eigenvalue weighted by molar-refractivity contribution is -0.119. The van der Waals surface area contributed by atoms with Crippen molar-refractivity contribution in [1.29, 1.82) is 0 Å². The SMILES string of the molecule is Nc1cc(Cl)c(F)cc1N1CCCNC(=O)C1. The van der Waals surface area contributed by atoms with Gasteiger partial charge in [0, 0.05) is 19.2 Å². The van der Waals surface area contributed by atoms with Gasteiger partial charge in [0.05, 0.1) is 22.9 Å². The number of anilines is 2. The molecule has 1 aromatic rings. The lowest BCUT2D eigenvalue weighted by Crippen LogP contribution is -2.33. The van der Waals surface area contributed by atoms with Crippen molar-refractivity contribution in [3.05, 3.63) is 23.0 Å². The molecular formula is C11H13ClFN3O. The third-order valence-electron chi connectivity index (χ3n) is 2.67. The first-order chi connectivity index (χ1) is 8.08. The van der Waals surface area contributed by atoms with Gasteiger partial charge in [0.2, 0.25) is 5.91 Å². The van der Waals surface area contributed by atoms with Crippen LogP contribution in [0.3, 0.4) is 0 Å². The van der Waals surface area contributed by atoms with Gasteiger partial charge in [-0.05, 0) is 12.5 Å². The Bertz CT molecular complexity index is 453. The van der Waals surface area contributed by atoms with E-state index in [0.29, 0.717) is 24.5 Å². The standard InChI is InChI=1S/C11H13ClFN3O/c12-7-4-9(14)10(5-8(7)13)16-3-1-2-15-11(17)6-16/h4-5H,1-3,6,14H2,(H,15,17). The number of nitrogens with zero attached hydrogens (tertiary/aromatic N) is 1. The van der Waals surface area contributed by atoms with Crippen LogP contribution in [0.1, 0.15) is 6.42 Å². The van der Waals surface area contributed by atoms with E-state index in [2.05, 4.69) is 5.32 Å². The molecule has 1 saturated heterocycles. The van der Waals surface area contributed by atoms with Crippen LogP contribution in [-0.2, 0) is 4.79 Å². The summed E-state index contributed by atoms with van der Waals surface area (Å²) in [5, 5.41) is 2.74. The van der Waals surface area contributed by atoms with E-state index in [1.165, 1.54) is 12.1 Å². The summed E-state index contributed by atoms with van der Waals surface area (Å²) < 4.78 is 13.4. The minimum atomic E-state index is -0.527. The Morgan fingerprint density at radius 1 is 1.47 bits per heavy atom. The fourth-order valence-corrected chi connectivity index (χ4v) is 2.01. The summed E-state index contributed by atoms with van der Waals surface area (Å²) in [6, 6.07) is 2.64. The Morgan fingerprint density at radius 2 is 2.24 bits per heavy atom. The van der Waals surface area contributed by atoms with E-state index in [1.807, 2.05) is 0 Å². The second-order valence-electron chi connectivity index (χ2n) is 3.95. The van der Waals surface area contributed by atoms with E-state index in [0.717, 1.165) is 6.42 Å². The van der Waals surface area contributed by atoms with Crippen LogP contribution in [-0.4, -0.2) is 25.5 Å². The first-order valence-electron chi connectivity index (χ1n) is 5.34. The molecule has 0 atom stereocenters. The van der Waals surface area contributed by atoms with Crippen LogP contribution in [0.5, 0.6) is 0 Å². The van der Waals surface area contributed by atoms with Crippen molar-refractivity contribution in [2.45, 2.75) is 6.42 Å². The number of benzene rings is 1. The summed E-state index contributed by atoms with van der Waals surface area (Å²) >= 11 is 5.63. The topological polar surface area (TPSA) is 58.4 Å². The van der Waals surface area contributed by atoms with Gasteiger partial charge in [0.25, 0.3) is 0 Å². The van der Waals surface area contributed by atoms with Crippen molar-refractivity contribution in [2.75, 3.05) is 30.3 Å². The lowest BCUT2D eigenvalue weighted by atomic mass is 10.2. The highest BCUT2D eigenvalue weighted by Gasteiger charge is 2.18. The van der Waals surface area contributed by atoms with Crippen molar-refractivity contribution in [3.63, 3.8) is 0 Å². The first-order valence-corrected chi connectivity index (χ1v) is 5.72. The zero-order valence-electron chi connectivity index (χ0n) is 9.17. The van der Waals surface area contributed by atoms with E-state index < -0.39 is 5.82 Å². The number of nitrogens with one attached hydrogen (secondary N) is 1. The Hall–Kier alpha value is -1.49. The molecule has 1 amide bonds. The fraction of sp³-hybridized carbons (Fsp3) is 0.364. The molecule has 0 bridgehead atoms. The number of rotatable bonds is 1. The van der Waals surface area contributed by atoms with Crippen molar-refractivity contribution < 1.29 is 9.18 Å². The third-order valence-corrected chi connectivity index (χ3v) is 2.96. The smallest absolute Gasteiger partial charge is 0.239 e. The number of halogens is 2. The van der Waals surface area contributed by atoms with Crippen LogP contribution in [0.15, 0.2) is 12.1 Å². The number of carbonyl (C=O) groups excluding carboxylic acids is 1. The van der Waals surface area contributed by atoms with Gasteiger partial charge in [-0.3, -0.25) is 4.79 Å². The molecule has 1 fully saturated rings. The number of hydrogen-bond acceptors (Lipinski definition) is 3. The average molecular weight is 258 g/mol. The zero-order valence-corrected chi connectivity index (χ0v) is 9.93. The summed E-state index contributed by atoms with van der Waals surface area (Å²) in [5.74, 6) is -0.613. The zero-order chi connectivity index (χ0) is 12.4. The normalized spacial score (nSPS) is 16.6. The molecule has 0 aromatic heterocycles. The van der Waals surface area contributed by atoms with Crippen LogP contribution in [0.2, 0.25) is 5.02 Å². The van der Waals surface area contributed by atoms with Gasteiger partial charge >= 0.3 is 0 Å². The second-order valence-corrected chi connectivity index (χ2v) is 4.36. The molecule has 1 aliphatic rings. The minimum absolute atomic E-state index is 0.00877. The van der Waals surface area contributed by atoms with Crippen LogP contribution in [0.25, 0.3) is 0 Å². The summed E-state index contributed by atoms with van der Waals surface area (Å²) in [4.78, 5) is 13.2. The van der Waals surface area contributed by atoms with Gasteiger partial charge in [-0.1, -0.05) is 11.6 Å². The van der Waals surface area contributed by atoms with Crippen LogP contribution in [0, 0.1) is 5.82 Å². The highest BCUT2D eigenvalue weighted by molar-refractivity contribution is 6.31. The monoisotopic (exact) mass is 257 g/mol. The largest absolute Gasteiger partial charge is 0.397 e. The molecule has 17 heavy (non-hydrogen) atoms. The van der Waals surface area contributed by atoms with Crippen molar-refractivity contribution in [2.24, 2.45) is 0 Å². The Balaban J connectivity index is 2.32. The first kappa shape index (κ1) is 12.0. The number of hydrogen-bond donors (Lipinski definition) is 2. The fourth-order valence-electron chi connectivity index (χ4n) is 1.84. The van der Waals surface area contributed by atoms with Gasteiger partial charge in [-0.15, -0.1) is 0 Å². The maximum Gasteiger partial charge on any atom is 0.239 e. The van der Waals surface area contributed by atoms with Gasteiger partial charge < -0.3 is 16.0 Å². The molecular weight excluding hydrogens is 245 g/mol. The quantitative estimate of drug-likeness (QED) is 0.748. The third kappa shape index (κ3) is 2.61. The average Bonchev–Trinajstić information content (AvgIpc) is 2.48. The highest BCUT2D eigenvalue weighted by Crippen LogP contribution is 2.29. The molecule has 6 heteroatoms. The molecule has 1 aromatic carbocycles. The van der Waals surface area contributed by atoms with E-state index >= 15 is 0 Å². The summed E-state index contributed by atoms with van der Waals surface area (Å²) in [5.41, 5.74) is 6.69. The van der Waals surface area contributed by atoms with Gasteiger partial charge in [-0.25, -0.2) is 4.39 Å². The maximum atomic E-state index is 13.4. The molecule has 3 N–H and O–H groups in total. The van der Waals surface area contributed by atoms with E-state index in [9.17, 15) is 9.18 Å². The molecule has 92 valence electrons. The van der Waals surface area contributed by atoms with Crippen molar-refractivity contribution in [1.82, 2.24) is 5.32 Å². The molecule has 0 unspecified atom stereocenters. The molecule has 2 rings (SSSR count). The Kier molecular flexibility index (Phi) is 3.38. The van der Waals surface area contributed by atoms with Crippen LogP contribution < -0.4 is 16.0 Å². The van der Waals surface area contributed by atoms with Gasteiger partial charge in [0.1, 0.15) is 5.82 Å². The number of carbonyl (C=O) groups is 1. The van der Waals surface area contributed by atoms with E-state index in [1.54, 1.807) is 4.90 Å². The molecule has 0 spiro atoms. The molecule has 0 aliphatic carbocycles. The van der Waals surface area contributed by atoms with Crippen LogP contribution >= 0.6 is 11.6 Å². The number of nitrogens with two attached hydrogens (primary N) is 1. The predicted octanol–water partition coefficient (Wildman–Crippen LogP) is 1.39. The second kappa shape index (κ2) is 4.79. The van der Waals surface area contributed by atoms with E-state index in [-0.39, 0.29) is 17.5 Å². The number of amides is 1. The maximum absolute atomic E-state index is 13.4. The van der Waals surface area contributed by atoms with Crippen LogP contribution in [0.4, 0.5) is 15.8 Å². The van der Waals surface area contributed by atoms with E-state index in [4.69, 9.17) is 17.3 Å². The molecule has 0 saturated carbocycles. The summed E-state index contributed by atoms with van der Waals surface area (Å²) in [6.07, 6.45) is 0.801. The van der Waals surface area contributed by atoms with Gasteiger partial charge in [0.15, 0.2) is 0 Å². The molecule has 4 nitrogen and oxygen atoms in total. The predicted molar refractivity (Wildman–Crippen MR) is 65.7 cm³/mol. The number of nitrogen functional groups attached to an aromatic ring is 1. The van der Waals surface area contributed by atoms with Gasteiger partial charge in [-0.2, -0.15) is 0 Å².